The van der Waals surface area contributed by atoms with Crippen LogP contribution in [-0.4, -0.2) is 71.0 Å². The van der Waals surface area contributed by atoms with E-state index in [0.717, 1.165) is 17.7 Å². The molecule has 2 aromatic rings. The zero-order valence-electron chi connectivity index (χ0n) is 17.4. The van der Waals surface area contributed by atoms with Crippen LogP contribution < -0.4 is 0 Å². The van der Waals surface area contributed by atoms with Crippen LogP contribution in [0.4, 0.5) is 0 Å². The second-order valence-electron chi connectivity index (χ2n) is 7.72. The largest absolute Gasteiger partial charge is 0.339 e. The number of rotatable bonds is 5. The normalized spacial score (nSPS) is 16.3. The van der Waals surface area contributed by atoms with Gasteiger partial charge in [0.05, 0.1) is 12.3 Å². The van der Waals surface area contributed by atoms with Gasteiger partial charge in [-0.3, -0.25) is 14.4 Å². The van der Waals surface area contributed by atoms with Gasteiger partial charge in [-0.2, -0.15) is 5.10 Å². The maximum absolute atomic E-state index is 12.6. The number of nitrogens with zero attached hydrogens (tertiary/aromatic N) is 4. The summed E-state index contributed by atoms with van der Waals surface area (Å²) in [6.07, 6.45) is 1.03. The molecule has 0 aromatic heterocycles. The van der Waals surface area contributed by atoms with Crippen LogP contribution in [-0.2, 0) is 9.59 Å². The van der Waals surface area contributed by atoms with Gasteiger partial charge in [-0.15, -0.1) is 0 Å². The van der Waals surface area contributed by atoms with E-state index in [2.05, 4.69) is 5.10 Å². The minimum Gasteiger partial charge on any atom is -0.339 e. The van der Waals surface area contributed by atoms with Crippen molar-refractivity contribution < 1.29 is 14.4 Å². The highest BCUT2D eigenvalue weighted by Gasteiger charge is 2.26. The van der Waals surface area contributed by atoms with E-state index in [1.54, 1.807) is 21.9 Å². The molecular weight excluding hydrogens is 392 g/mol. The molecule has 1 fully saturated rings. The molecule has 1 saturated heterocycles. The molecule has 160 valence electrons. The number of amides is 3. The Hall–Kier alpha value is -3.48. The number of piperazine rings is 1. The van der Waals surface area contributed by atoms with Crippen LogP contribution in [0.15, 0.2) is 65.8 Å². The standard InChI is InChI=1S/C24H26N4O3/c29-22(26-15-17-27(18-16-26)24(31)20-9-5-2-6-10-20)11-12-23(30)28-14-13-21(25-28)19-7-3-1-4-8-19/h1-10H,11-18H2. The van der Waals surface area contributed by atoms with Crippen molar-refractivity contribution in [2.75, 3.05) is 32.7 Å². The number of hydrogen-bond acceptors (Lipinski definition) is 4. The van der Waals surface area contributed by atoms with Crippen molar-refractivity contribution in [1.29, 1.82) is 0 Å². The highest BCUT2D eigenvalue weighted by Crippen LogP contribution is 2.16. The molecular formula is C24H26N4O3. The Kier molecular flexibility index (Phi) is 6.40. The minimum absolute atomic E-state index is 0.0102. The molecule has 0 saturated carbocycles. The van der Waals surface area contributed by atoms with Gasteiger partial charge in [0.2, 0.25) is 11.8 Å². The molecule has 7 nitrogen and oxygen atoms in total. The van der Waals surface area contributed by atoms with E-state index in [4.69, 9.17) is 0 Å². The van der Waals surface area contributed by atoms with Gasteiger partial charge >= 0.3 is 0 Å². The summed E-state index contributed by atoms with van der Waals surface area (Å²) < 4.78 is 0. The lowest BCUT2D eigenvalue weighted by atomic mass is 10.1. The summed E-state index contributed by atoms with van der Waals surface area (Å²) in [6.45, 7) is 2.54. The van der Waals surface area contributed by atoms with Crippen LogP contribution in [0.2, 0.25) is 0 Å². The molecule has 0 aliphatic carbocycles. The van der Waals surface area contributed by atoms with Crippen molar-refractivity contribution in [3.63, 3.8) is 0 Å². The Morgan fingerprint density at radius 1 is 0.710 bits per heavy atom. The fraction of sp³-hybridized carbons (Fsp3) is 0.333. The van der Waals surface area contributed by atoms with Crippen molar-refractivity contribution in [3.8, 4) is 0 Å². The second kappa shape index (κ2) is 9.55. The van der Waals surface area contributed by atoms with Gasteiger partial charge in [-0.1, -0.05) is 48.5 Å². The molecule has 3 amide bonds. The summed E-state index contributed by atoms with van der Waals surface area (Å²) in [7, 11) is 0. The number of carbonyl (C=O) groups excluding carboxylic acids is 3. The first-order valence-electron chi connectivity index (χ1n) is 10.7. The van der Waals surface area contributed by atoms with E-state index in [1.165, 1.54) is 5.01 Å². The van der Waals surface area contributed by atoms with Crippen LogP contribution in [0.3, 0.4) is 0 Å². The van der Waals surface area contributed by atoms with Crippen LogP contribution in [0.5, 0.6) is 0 Å². The van der Waals surface area contributed by atoms with Crippen molar-refractivity contribution in [2.24, 2.45) is 5.10 Å². The maximum Gasteiger partial charge on any atom is 0.253 e. The third-order valence-electron chi connectivity index (χ3n) is 5.69. The lowest BCUT2D eigenvalue weighted by molar-refractivity contribution is -0.137. The van der Waals surface area contributed by atoms with Crippen molar-refractivity contribution in [2.45, 2.75) is 19.3 Å². The predicted octanol–water partition coefficient (Wildman–Crippen LogP) is 2.39. The van der Waals surface area contributed by atoms with Gasteiger partial charge < -0.3 is 9.80 Å². The number of benzene rings is 2. The SMILES string of the molecule is O=C(CCC(=O)N1CCC(c2ccccc2)=N1)N1CCN(C(=O)c2ccccc2)CC1. The third kappa shape index (κ3) is 4.99. The van der Waals surface area contributed by atoms with Crippen molar-refractivity contribution in [3.05, 3.63) is 71.8 Å². The topological polar surface area (TPSA) is 73.3 Å². The van der Waals surface area contributed by atoms with Gasteiger partial charge in [0.1, 0.15) is 0 Å². The summed E-state index contributed by atoms with van der Waals surface area (Å²) >= 11 is 0. The van der Waals surface area contributed by atoms with E-state index >= 15 is 0 Å². The van der Waals surface area contributed by atoms with E-state index < -0.39 is 0 Å². The molecule has 7 heteroatoms. The van der Waals surface area contributed by atoms with Crippen LogP contribution >= 0.6 is 0 Å². The number of hydrogen-bond donors (Lipinski definition) is 0. The summed E-state index contributed by atoms with van der Waals surface area (Å²) in [5, 5.41) is 5.92. The number of hydrazone groups is 1. The van der Waals surface area contributed by atoms with Crippen LogP contribution in [0.25, 0.3) is 0 Å². The minimum atomic E-state index is -0.128. The van der Waals surface area contributed by atoms with Gasteiger partial charge in [0.25, 0.3) is 5.91 Å². The van der Waals surface area contributed by atoms with E-state index in [0.29, 0.717) is 38.3 Å². The highest BCUT2D eigenvalue weighted by atomic mass is 16.2. The first-order chi connectivity index (χ1) is 15.1. The molecule has 0 unspecified atom stereocenters. The molecule has 2 heterocycles. The number of carbonyl (C=O) groups is 3. The Labute approximate surface area is 181 Å². The Balaban J connectivity index is 1.23. The molecule has 0 spiro atoms. The quantitative estimate of drug-likeness (QED) is 0.748. The lowest BCUT2D eigenvalue weighted by Crippen LogP contribution is -2.50. The molecule has 0 N–H and O–H groups in total. The highest BCUT2D eigenvalue weighted by molar-refractivity contribution is 6.02. The van der Waals surface area contributed by atoms with Gasteiger partial charge in [-0.25, -0.2) is 5.01 Å². The van der Waals surface area contributed by atoms with E-state index in [9.17, 15) is 14.4 Å². The van der Waals surface area contributed by atoms with Gasteiger partial charge in [-0.05, 0) is 17.7 Å². The molecule has 2 aliphatic heterocycles. The second-order valence-corrected chi connectivity index (χ2v) is 7.72. The third-order valence-corrected chi connectivity index (χ3v) is 5.69. The summed E-state index contributed by atoms with van der Waals surface area (Å²) in [4.78, 5) is 41.1. The van der Waals surface area contributed by atoms with Gasteiger partial charge in [0.15, 0.2) is 0 Å². The summed E-state index contributed by atoms with van der Waals surface area (Å²) in [5.74, 6) is -0.187. The molecule has 2 aliphatic rings. The zero-order valence-corrected chi connectivity index (χ0v) is 17.4. The molecule has 0 radical (unpaired) electrons. The monoisotopic (exact) mass is 418 g/mol. The van der Waals surface area contributed by atoms with Crippen molar-refractivity contribution >= 4 is 23.4 Å². The lowest BCUT2D eigenvalue weighted by Gasteiger charge is -2.35. The zero-order chi connectivity index (χ0) is 21.6. The average molecular weight is 418 g/mol. The molecule has 2 aromatic carbocycles. The molecule has 0 atom stereocenters. The van der Waals surface area contributed by atoms with Crippen molar-refractivity contribution in [1.82, 2.24) is 14.8 Å². The molecule has 0 bridgehead atoms. The van der Waals surface area contributed by atoms with Crippen LogP contribution in [0.1, 0.15) is 35.2 Å². The fourth-order valence-electron chi connectivity index (χ4n) is 3.89. The van der Waals surface area contributed by atoms with E-state index in [-0.39, 0.29) is 30.6 Å². The van der Waals surface area contributed by atoms with E-state index in [1.807, 2.05) is 48.5 Å². The predicted molar refractivity (Wildman–Crippen MR) is 117 cm³/mol. The fourth-order valence-corrected chi connectivity index (χ4v) is 3.89. The first kappa shape index (κ1) is 20.8. The average Bonchev–Trinajstić information content (AvgIpc) is 3.34. The first-order valence-corrected chi connectivity index (χ1v) is 10.7. The van der Waals surface area contributed by atoms with Gasteiger partial charge in [0, 0.05) is 51.0 Å². The Bertz CT molecular complexity index is 967. The Morgan fingerprint density at radius 3 is 1.97 bits per heavy atom. The summed E-state index contributed by atoms with van der Waals surface area (Å²) in [5.41, 5.74) is 2.59. The Morgan fingerprint density at radius 2 is 1.29 bits per heavy atom. The smallest absolute Gasteiger partial charge is 0.253 e. The maximum atomic E-state index is 12.6. The summed E-state index contributed by atoms with van der Waals surface area (Å²) in [6, 6.07) is 19.0. The molecule has 4 rings (SSSR count). The molecule has 31 heavy (non-hydrogen) atoms. The van der Waals surface area contributed by atoms with Crippen LogP contribution in [0, 0.1) is 0 Å².